The van der Waals surface area contributed by atoms with Crippen LogP contribution in [0.2, 0.25) is 0 Å². The van der Waals surface area contributed by atoms with E-state index in [4.69, 9.17) is 4.74 Å². The molecule has 0 saturated heterocycles. The number of hydrogen-bond acceptors (Lipinski definition) is 3. The van der Waals surface area contributed by atoms with Crippen molar-refractivity contribution < 1.29 is 14.3 Å². The fourth-order valence-electron chi connectivity index (χ4n) is 1.10. The summed E-state index contributed by atoms with van der Waals surface area (Å²) in [6.07, 6.45) is 4.26. The molecule has 0 aliphatic carbocycles. The van der Waals surface area contributed by atoms with Crippen LogP contribution in [0.4, 0.5) is 0 Å². The molecule has 3 heteroatoms. The number of ketones is 1. The highest BCUT2D eigenvalue weighted by atomic mass is 16.5. The van der Waals surface area contributed by atoms with Gasteiger partial charge in [0.15, 0.2) is 5.78 Å². The Kier molecular flexibility index (Phi) is 6.67. The Labute approximate surface area is 91.5 Å². The fraction of sp³-hybridized carbons (Fsp3) is 0.667. The highest BCUT2D eigenvalue weighted by Gasteiger charge is 2.16. The molecule has 0 heterocycles. The molecule has 86 valence electrons. The van der Waals surface area contributed by atoms with E-state index in [9.17, 15) is 9.59 Å². The van der Waals surface area contributed by atoms with Crippen molar-refractivity contribution in [1.29, 1.82) is 0 Å². The smallest absolute Gasteiger partial charge is 0.341 e. The lowest BCUT2D eigenvalue weighted by Crippen LogP contribution is -2.17. The van der Waals surface area contributed by atoms with Gasteiger partial charge in [0.1, 0.15) is 0 Å². The van der Waals surface area contributed by atoms with Crippen molar-refractivity contribution in [2.45, 2.75) is 53.1 Å². The molecule has 0 N–H and O–H groups in total. The van der Waals surface area contributed by atoms with Crippen LogP contribution in [-0.2, 0) is 14.3 Å². The fourth-order valence-corrected chi connectivity index (χ4v) is 1.10. The van der Waals surface area contributed by atoms with Crippen LogP contribution in [-0.4, -0.2) is 17.9 Å². The maximum Gasteiger partial charge on any atom is 0.341 e. The van der Waals surface area contributed by atoms with Gasteiger partial charge >= 0.3 is 5.97 Å². The SMILES string of the molecule is CCCCC=C(C(C)=O)C(=O)OC(C)C. The molecule has 0 spiro atoms. The summed E-state index contributed by atoms with van der Waals surface area (Å²) < 4.78 is 4.98. The number of Topliss-reactive ketones (excluding diaryl/α,β-unsaturated/α-hetero) is 1. The van der Waals surface area contributed by atoms with E-state index in [1.54, 1.807) is 19.9 Å². The Balaban J connectivity index is 4.45. The second-order valence-corrected chi connectivity index (χ2v) is 3.77. The van der Waals surface area contributed by atoms with Gasteiger partial charge in [-0.3, -0.25) is 4.79 Å². The van der Waals surface area contributed by atoms with Crippen LogP contribution >= 0.6 is 0 Å². The molecule has 0 saturated carbocycles. The van der Waals surface area contributed by atoms with Crippen LogP contribution in [0, 0.1) is 0 Å². The van der Waals surface area contributed by atoms with Crippen molar-refractivity contribution in [3.05, 3.63) is 11.6 Å². The minimum atomic E-state index is -0.506. The Morgan fingerprint density at radius 1 is 1.33 bits per heavy atom. The molecular weight excluding hydrogens is 192 g/mol. The van der Waals surface area contributed by atoms with Gasteiger partial charge < -0.3 is 4.74 Å². The van der Waals surface area contributed by atoms with Gasteiger partial charge in [-0.15, -0.1) is 0 Å². The first kappa shape index (κ1) is 13.9. The molecule has 3 nitrogen and oxygen atoms in total. The molecule has 0 rings (SSSR count). The van der Waals surface area contributed by atoms with Gasteiger partial charge in [-0.2, -0.15) is 0 Å². The summed E-state index contributed by atoms with van der Waals surface area (Å²) in [6, 6.07) is 0. The number of unbranched alkanes of at least 4 members (excludes halogenated alkanes) is 2. The van der Waals surface area contributed by atoms with Crippen molar-refractivity contribution in [2.24, 2.45) is 0 Å². The zero-order valence-corrected chi connectivity index (χ0v) is 10.0. The lowest BCUT2D eigenvalue weighted by Gasteiger charge is -2.08. The normalized spacial score (nSPS) is 11.7. The molecule has 0 aromatic rings. The number of carbonyl (C=O) groups excluding carboxylic acids is 2. The van der Waals surface area contributed by atoms with Crippen LogP contribution in [0.1, 0.15) is 47.0 Å². The molecule has 15 heavy (non-hydrogen) atoms. The molecule has 0 atom stereocenters. The largest absolute Gasteiger partial charge is 0.459 e. The van der Waals surface area contributed by atoms with Crippen molar-refractivity contribution in [3.8, 4) is 0 Å². The van der Waals surface area contributed by atoms with E-state index in [-0.39, 0.29) is 17.5 Å². The number of carbonyl (C=O) groups is 2. The number of ether oxygens (including phenoxy) is 1. The van der Waals surface area contributed by atoms with E-state index in [1.807, 2.05) is 0 Å². The number of hydrogen-bond donors (Lipinski definition) is 0. The Hall–Kier alpha value is -1.12. The second kappa shape index (κ2) is 7.21. The molecule has 0 aliphatic heterocycles. The Bertz CT molecular complexity index is 252. The average Bonchev–Trinajstić information content (AvgIpc) is 2.10. The van der Waals surface area contributed by atoms with Gasteiger partial charge in [-0.05, 0) is 27.2 Å². The summed E-state index contributed by atoms with van der Waals surface area (Å²) in [5, 5.41) is 0. The number of esters is 1. The molecule has 0 radical (unpaired) electrons. The van der Waals surface area contributed by atoms with E-state index in [0.29, 0.717) is 0 Å². The molecule has 0 aromatic carbocycles. The van der Waals surface area contributed by atoms with Gasteiger partial charge in [0.25, 0.3) is 0 Å². The Morgan fingerprint density at radius 2 is 1.93 bits per heavy atom. The number of allylic oxidation sites excluding steroid dienone is 1. The van der Waals surface area contributed by atoms with Crippen LogP contribution < -0.4 is 0 Å². The molecule has 0 bridgehead atoms. The zero-order valence-electron chi connectivity index (χ0n) is 10.0. The maximum atomic E-state index is 11.5. The highest BCUT2D eigenvalue weighted by molar-refractivity contribution is 6.16. The summed E-state index contributed by atoms with van der Waals surface area (Å²) in [5.74, 6) is -0.731. The second-order valence-electron chi connectivity index (χ2n) is 3.77. The summed E-state index contributed by atoms with van der Waals surface area (Å²) in [7, 11) is 0. The topological polar surface area (TPSA) is 43.4 Å². The summed E-state index contributed by atoms with van der Waals surface area (Å²) in [4.78, 5) is 22.7. The zero-order chi connectivity index (χ0) is 11.8. The molecule has 0 aromatic heterocycles. The third-order valence-electron chi connectivity index (χ3n) is 1.85. The van der Waals surface area contributed by atoms with Crippen molar-refractivity contribution in [1.82, 2.24) is 0 Å². The first-order valence-corrected chi connectivity index (χ1v) is 5.41. The van der Waals surface area contributed by atoms with Gasteiger partial charge in [-0.25, -0.2) is 4.79 Å². The maximum absolute atomic E-state index is 11.5. The number of rotatable bonds is 6. The summed E-state index contributed by atoms with van der Waals surface area (Å²) in [6.45, 7) is 6.98. The van der Waals surface area contributed by atoms with E-state index in [2.05, 4.69) is 6.92 Å². The van der Waals surface area contributed by atoms with Gasteiger partial charge in [0.2, 0.25) is 0 Å². The third kappa shape index (κ3) is 6.05. The van der Waals surface area contributed by atoms with Crippen molar-refractivity contribution >= 4 is 11.8 Å². The standard InChI is InChI=1S/C12H20O3/c1-5-6-7-8-11(10(4)13)12(14)15-9(2)3/h8-9H,5-7H2,1-4H3. The molecule has 0 amide bonds. The predicted octanol–water partition coefficient (Wildman–Crippen LogP) is 2.64. The van der Waals surface area contributed by atoms with Gasteiger partial charge in [0, 0.05) is 0 Å². The molecule has 0 aliphatic rings. The molecular formula is C12H20O3. The molecule has 0 fully saturated rings. The van der Waals surface area contributed by atoms with Crippen LogP contribution in [0.25, 0.3) is 0 Å². The average molecular weight is 212 g/mol. The summed E-state index contributed by atoms with van der Waals surface area (Å²) >= 11 is 0. The first-order valence-electron chi connectivity index (χ1n) is 5.41. The predicted molar refractivity (Wildman–Crippen MR) is 59.5 cm³/mol. The van der Waals surface area contributed by atoms with Crippen LogP contribution in [0.5, 0.6) is 0 Å². The molecule has 0 unspecified atom stereocenters. The van der Waals surface area contributed by atoms with Crippen LogP contribution in [0.15, 0.2) is 11.6 Å². The minimum Gasteiger partial charge on any atom is -0.459 e. The summed E-state index contributed by atoms with van der Waals surface area (Å²) in [5.41, 5.74) is 0.178. The third-order valence-corrected chi connectivity index (χ3v) is 1.85. The highest BCUT2D eigenvalue weighted by Crippen LogP contribution is 2.06. The van der Waals surface area contributed by atoms with Crippen molar-refractivity contribution in [2.75, 3.05) is 0 Å². The van der Waals surface area contributed by atoms with Crippen LogP contribution in [0.3, 0.4) is 0 Å². The Morgan fingerprint density at radius 3 is 2.33 bits per heavy atom. The lowest BCUT2D eigenvalue weighted by atomic mass is 10.1. The minimum absolute atomic E-state index is 0.178. The van der Waals surface area contributed by atoms with E-state index >= 15 is 0 Å². The van der Waals surface area contributed by atoms with Gasteiger partial charge in [-0.1, -0.05) is 25.8 Å². The van der Waals surface area contributed by atoms with E-state index < -0.39 is 5.97 Å². The van der Waals surface area contributed by atoms with Gasteiger partial charge in [0.05, 0.1) is 11.7 Å². The lowest BCUT2D eigenvalue weighted by molar-refractivity contribution is -0.143. The van der Waals surface area contributed by atoms with E-state index in [0.717, 1.165) is 19.3 Å². The first-order chi connectivity index (χ1) is 6.99. The quantitative estimate of drug-likeness (QED) is 0.223. The van der Waals surface area contributed by atoms with Crippen molar-refractivity contribution in [3.63, 3.8) is 0 Å². The van der Waals surface area contributed by atoms with E-state index in [1.165, 1.54) is 6.92 Å². The monoisotopic (exact) mass is 212 g/mol.